The minimum absolute atomic E-state index is 0.294. The van der Waals surface area contributed by atoms with Crippen LogP contribution in [-0.2, 0) is 22.4 Å². The molecule has 2 heterocycles. The number of likely N-dealkylation sites (tertiary alicyclic amines) is 2. The lowest BCUT2D eigenvalue weighted by Crippen LogP contribution is -2.45. The van der Waals surface area contributed by atoms with Crippen LogP contribution in [0.15, 0.2) is 24.3 Å². The predicted molar refractivity (Wildman–Crippen MR) is 102 cm³/mol. The van der Waals surface area contributed by atoms with Crippen molar-refractivity contribution in [3.63, 3.8) is 0 Å². The molecule has 0 bridgehead atoms. The van der Waals surface area contributed by atoms with Gasteiger partial charge in [-0.1, -0.05) is 24.3 Å². The Morgan fingerprint density at radius 1 is 1.04 bits per heavy atom. The lowest BCUT2D eigenvalue weighted by Gasteiger charge is -2.37. The first-order chi connectivity index (χ1) is 12.7. The summed E-state index contributed by atoms with van der Waals surface area (Å²) in [6.07, 6.45) is 8.83. The molecule has 2 aliphatic heterocycles. The quantitative estimate of drug-likeness (QED) is 0.815. The van der Waals surface area contributed by atoms with Crippen molar-refractivity contribution >= 4 is 11.8 Å². The number of nitrogens with zero attached hydrogens (tertiary/aromatic N) is 2. The van der Waals surface area contributed by atoms with Gasteiger partial charge in [0.2, 0.25) is 11.8 Å². The standard InChI is InChI=1S/C22H30N2O2/c25-21-9-5-11-23(21)13-10-20-8-3-4-12-24(20)22(26)16-17-14-18-6-1-2-7-19(18)15-17/h1-2,6-7,17,20H,3-5,8-16H2/t20-/m0/s1. The smallest absolute Gasteiger partial charge is 0.223 e. The Morgan fingerprint density at radius 2 is 1.81 bits per heavy atom. The van der Waals surface area contributed by atoms with Gasteiger partial charge < -0.3 is 9.80 Å². The van der Waals surface area contributed by atoms with Crippen LogP contribution in [0.25, 0.3) is 0 Å². The molecule has 0 saturated carbocycles. The Labute approximate surface area is 156 Å². The summed E-state index contributed by atoms with van der Waals surface area (Å²) in [5, 5.41) is 0. The van der Waals surface area contributed by atoms with E-state index in [-0.39, 0.29) is 0 Å². The average Bonchev–Trinajstić information content (AvgIpc) is 3.25. The molecule has 0 aromatic heterocycles. The Morgan fingerprint density at radius 3 is 2.50 bits per heavy atom. The summed E-state index contributed by atoms with van der Waals surface area (Å²) in [4.78, 5) is 29.0. The number of hydrogen-bond donors (Lipinski definition) is 0. The average molecular weight is 354 g/mol. The van der Waals surface area contributed by atoms with Gasteiger partial charge in [-0.15, -0.1) is 0 Å². The van der Waals surface area contributed by atoms with Crippen molar-refractivity contribution < 1.29 is 9.59 Å². The first kappa shape index (κ1) is 17.6. The van der Waals surface area contributed by atoms with Gasteiger partial charge >= 0.3 is 0 Å². The van der Waals surface area contributed by atoms with Crippen molar-refractivity contribution in [1.82, 2.24) is 9.80 Å². The van der Waals surface area contributed by atoms with Crippen molar-refractivity contribution in [2.45, 2.75) is 63.8 Å². The first-order valence-electron chi connectivity index (χ1n) is 10.3. The van der Waals surface area contributed by atoms with Crippen LogP contribution in [0.2, 0.25) is 0 Å². The highest BCUT2D eigenvalue weighted by Gasteiger charge is 2.31. The molecule has 0 radical (unpaired) electrons. The van der Waals surface area contributed by atoms with Gasteiger partial charge in [0.05, 0.1) is 0 Å². The molecule has 3 aliphatic rings. The number of piperidine rings is 1. The third-order valence-corrected chi connectivity index (χ3v) is 6.45. The number of benzene rings is 1. The highest BCUT2D eigenvalue weighted by molar-refractivity contribution is 5.78. The molecule has 2 saturated heterocycles. The van der Waals surface area contributed by atoms with Crippen LogP contribution in [0, 0.1) is 5.92 Å². The van der Waals surface area contributed by atoms with E-state index in [0.717, 1.165) is 58.2 Å². The molecule has 1 aliphatic carbocycles. The Bertz CT molecular complexity index is 647. The third kappa shape index (κ3) is 3.79. The summed E-state index contributed by atoms with van der Waals surface area (Å²) in [6.45, 7) is 2.62. The van der Waals surface area contributed by atoms with E-state index in [0.29, 0.717) is 36.6 Å². The van der Waals surface area contributed by atoms with Crippen LogP contribution in [0.5, 0.6) is 0 Å². The van der Waals surface area contributed by atoms with Crippen molar-refractivity contribution in [1.29, 1.82) is 0 Å². The van der Waals surface area contributed by atoms with E-state index in [9.17, 15) is 9.59 Å². The molecule has 4 nitrogen and oxygen atoms in total. The summed E-state index contributed by atoms with van der Waals surface area (Å²) < 4.78 is 0. The van der Waals surface area contributed by atoms with E-state index in [2.05, 4.69) is 29.2 Å². The van der Waals surface area contributed by atoms with Gasteiger partial charge in [-0.2, -0.15) is 0 Å². The molecule has 0 spiro atoms. The van der Waals surface area contributed by atoms with E-state index >= 15 is 0 Å². The van der Waals surface area contributed by atoms with Crippen LogP contribution in [0.3, 0.4) is 0 Å². The second kappa shape index (κ2) is 7.81. The molecular weight excluding hydrogens is 324 g/mol. The number of rotatable bonds is 5. The molecular formula is C22H30N2O2. The third-order valence-electron chi connectivity index (χ3n) is 6.45. The highest BCUT2D eigenvalue weighted by Crippen LogP contribution is 2.30. The second-order valence-corrected chi connectivity index (χ2v) is 8.26. The summed E-state index contributed by atoms with van der Waals surface area (Å²) >= 11 is 0. The highest BCUT2D eigenvalue weighted by atomic mass is 16.2. The normalized spacial score (nSPS) is 23.5. The molecule has 0 unspecified atom stereocenters. The van der Waals surface area contributed by atoms with Gasteiger partial charge in [0.1, 0.15) is 0 Å². The van der Waals surface area contributed by atoms with Gasteiger partial charge in [-0.05, 0) is 62.0 Å². The van der Waals surface area contributed by atoms with Crippen LogP contribution in [0.4, 0.5) is 0 Å². The maximum absolute atomic E-state index is 13.0. The molecule has 0 N–H and O–H groups in total. The molecule has 1 aromatic rings. The van der Waals surface area contributed by atoms with Gasteiger partial charge in [0, 0.05) is 38.5 Å². The number of hydrogen-bond acceptors (Lipinski definition) is 2. The lowest BCUT2D eigenvalue weighted by molar-refractivity contribution is -0.136. The van der Waals surface area contributed by atoms with Gasteiger partial charge in [-0.25, -0.2) is 0 Å². The van der Waals surface area contributed by atoms with E-state index in [1.807, 2.05) is 4.90 Å². The van der Waals surface area contributed by atoms with Gasteiger partial charge in [-0.3, -0.25) is 9.59 Å². The van der Waals surface area contributed by atoms with Crippen molar-refractivity contribution in [3.8, 4) is 0 Å². The zero-order valence-corrected chi connectivity index (χ0v) is 15.7. The van der Waals surface area contributed by atoms with E-state index in [1.165, 1.54) is 17.5 Å². The van der Waals surface area contributed by atoms with Crippen molar-refractivity contribution in [2.24, 2.45) is 5.92 Å². The molecule has 4 heteroatoms. The summed E-state index contributed by atoms with van der Waals surface area (Å²) in [5.41, 5.74) is 2.85. The summed E-state index contributed by atoms with van der Waals surface area (Å²) in [6, 6.07) is 8.94. The summed E-state index contributed by atoms with van der Waals surface area (Å²) in [7, 11) is 0. The molecule has 2 amide bonds. The maximum atomic E-state index is 13.0. The minimum Gasteiger partial charge on any atom is -0.343 e. The van der Waals surface area contributed by atoms with Crippen LogP contribution in [0.1, 0.15) is 56.1 Å². The minimum atomic E-state index is 0.294. The maximum Gasteiger partial charge on any atom is 0.223 e. The number of carbonyl (C=O) groups excluding carboxylic acids is 2. The molecule has 26 heavy (non-hydrogen) atoms. The van der Waals surface area contributed by atoms with Crippen molar-refractivity contribution in [3.05, 3.63) is 35.4 Å². The fourth-order valence-corrected chi connectivity index (χ4v) is 5.03. The fraction of sp³-hybridized carbons (Fsp3) is 0.636. The van der Waals surface area contributed by atoms with E-state index in [4.69, 9.17) is 0 Å². The van der Waals surface area contributed by atoms with Crippen LogP contribution in [-0.4, -0.2) is 47.3 Å². The lowest BCUT2D eigenvalue weighted by atomic mass is 9.96. The predicted octanol–water partition coefficient (Wildman–Crippen LogP) is 3.19. The molecule has 140 valence electrons. The van der Waals surface area contributed by atoms with Gasteiger partial charge in [0.25, 0.3) is 0 Å². The van der Waals surface area contributed by atoms with Gasteiger partial charge in [0.15, 0.2) is 0 Å². The number of amides is 2. The Balaban J connectivity index is 1.32. The van der Waals surface area contributed by atoms with Crippen molar-refractivity contribution in [2.75, 3.05) is 19.6 Å². The van der Waals surface area contributed by atoms with Crippen LogP contribution >= 0.6 is 0 Å². The molecule has 2 fully saturated rings. The SMILES string of the molecule is O=C1CCCN1CC[C@@H]1CCCCN1C(=O)CC1Cc2ccccc2C1. The topological polar surface area (TPSA) is 40.6 Å². The first-order valence-corrected chi connectivity index (χ1v) is 10.3. The molecule has 4 rings (SSSR count). The zero-order valence-electron chi connectivity index (χ0n) is 15.7. The Kier molecular flexibility index (Phi) is 5.28. The zero-order chi connectivity index (χ0) is 17.9. The Hall–Kier alpha value is -1.84. The number of fused-ring (bicyclic) bond motifs is 1. The van der Waals surface area contributed by atoms with Crippen LogP contribution < -0.4 is 0 Å². The largest absolute Gasteiger partial charge is 0.343 e. The fourth-order valence-electron chi connectivity index (χ4n) is 5.03. The van der Waals surface area contributed by atoms with E-state index < -0.39 is 0 Å². The molecule has 1 atom stereocenters. The summed E-state index contributed by atoms with van der Waals surface area (Å²) in [5.74, 6) is 1.09. The number of carbonyl (C=O) groups is 2. The monoisotopic (exact) mass is 354 g/mol. The van der Waals surface area contributed by atoms with E-state index in [1.54, 1.807) is 0 Å². The second-order valence-electron chi connectivity index (χ2n) is 8.26. The molecule has 1 aromatic carbocycles.